The molecule has 0 radical (unpaired) electrons. The third kappa shape index (κ3) is 2.63. The Hall–Kier alpha value is -1.95. The second-order valence-corrected chi connectivity index (χ2v) is 6.05. The first-order valence-electron chi connectivity index (χ1n) is 6.69. The lowest BCUT2D eigenvalue weighted by Gasteiger charge is -2.16. The number of furan rings is 1. The number of hydrogen-bond acceptors (Lipinski definition) is 3. The van der Waals surface area contributed by atoms with E-state index >= 15 is 0 Å². The molecule has 0 amide bonds. The van der Waals surface area contributed by atoms with Gasteiger partial charge in [-0.25, -0.2) is 4.79 Å². The SMILES string of the molecule is Cc1cc(C(C)Nc2cc3[nH]c(=O)[nH]c3cc2Br)c(C)o1. The van der Waals surface area contributed by atoms with Crippen LogP contribution in [0.15, 0.2) is 31.9 Å². The van der Waals surface area contributed by atoms with E-state index < -0.39 is 0 Å². The number of nitrogens with one attached hydrogen (secondary N) is 3. The molecule has 0 aliphatic rings. The molecule has 3 rings (SSSR count). The molecule has 3 aromatic rings. The standard InChI is InChI=1S/C15H16BrN3O2/c1-7-4-10(9(3)21-7)8(2)17-12-6-14-13(5-11(12)16)18-15(20)19-14/h4-6,8,17H,1-3H3,(H2,18,19,20). The summed E-state index contributed by atoms with van der Waals surface area (Å²) in [5.74, 6) is 1.82. The lowest BCUT2D eigenvalue weighted by Crippen LogP contribution is -2.07. The van der Waals surface area contributed by atoms with Gasteiger partial charge in [-0.1, -0.05) is 0 Å². The zero-order valence-electron chi connectivity index (χ0n) is 12.0. The number of aromatic amines is 2. The van der Waals surface area contributed by atoms with Gasteiger partial charge in [0.2, 0.25) is 0 Å². The Morgan fingerprint density at radius 2 is 1.86 bits per heavy atom. The van der Waals surface area contributed by atoms with Crippen molar-refractivity contribution in [1.29, 1.82) is 0 Å². The van der Waals surface area contributed by atoms with Gasteiger partial charge in [-0.3, -0.25) is 0 Å². The molecule has 1 unspecified atom stereocenters. The van der Waals surface area contributed by atoms with Gasteiger partial charge in [0, 0.05) is 10.0 Å². The van der Waals surface area contributed by atoms with Crippen LogP contribution in [0.25, 0.3) is 11.0 Å². The number of fused-ring (bicyclic) bond motifs is 1. The summed E-state index contributed by atoms with van der Waals surface area (Å²) in [6.07, 6.45) is 0. The summed E-state index contributed by atoms with van der Waals surface area (Å²) < 4.78 is 6.47. The third-order valence-electron chi connectivity index (χ3n) is 3.52. The van der Waals surface area contributed by atoms with Gasteiger partial charge in [0.15, 0.2) is 0 Å². The predicted octanol–water partition coefficient (Wildman–Crippen LogP) is 4.00. The van der Waals surface area contributed by atoms with E-state index in [0.29, 0.717) is 0 Å². The van der Waals surface area contributed by atoms with E-state index in [1.165, 1.54) is 0 Å². The van der Waals surface area contributed by atoms with Crippen molar-refractivity contribution in [2.24, 2.45) is 0 Å². The highest BCUT2D eigenvalue weighted by atomic mass is 79.9. The fraction of sp³-hybridized carbons (Fsp3) is 0.267. The van der Waals surface area contributed by atoms with Crippen LogP contribution in [-0.2, 0) is 0 Å². The predicted molar refractivity (Wildman–Crippen MR) is 86.8 cm³/mol. The Kier molecular flexibility index (Phi) is 3.41. The van der Waals surface area contributed by atoms with Gasteiger partial charge >= 0.3 is 5.69 Å². The summed E-state index contributed by atoms with van der Waals surface area (Å²) in [7, 11) is 0. The van der Waals surface area contributed by atoms with Crippen LogP contribution < -0.4 is 11.0 Å². The van der Waals surface area contributed by atoms with Crippen molar-refractivity contribution in [3.8, 4) is 0 Å². The molecule has 1 atom stereocenters. The van der Waals surface area contributed by atoms with E-state index in [9.17, 15) is 4.79 Å². The van der Waals surface area contributed by atoms with Crippen LogP contribution >= 0.6 is 15.9 Å². The molecule has 2 aromatic heterocycles. The molecule has 110 valence electrons. The molecule has 0 spiro atoms. The highest BCUT2D eigenvalue weighted by Gasteiger charge is 2.14. The van der Waals surface area contributed by atoms with Gasteiger partial charge in [-0.2, -0.15) is 0 Å². The maximum atomic E-state index is 11.3. The van der Waals surface area contributed by atoms with Crippen molar-refractivity contribution in [3.63, 3.8) is 0 Å². The first kappa shape index (κ1) is 14.0. The number of anilines is 1. The van der Waals surface area contributed by atoms with Gasteiger partial charge in [0.05, 0.1) is 22.8 Å². The highest BCUT2D eigenvalue weighted by molar-refractivity contribution is 9.10. The van der Waals surface area contributed by atoms with Crippen molar-refractivity contribution in [3.05, 3.63) is 50.2 Å². The third-order valence-corrected chi connectivity index (χ3v) is 4.18. The van der Waals surface area contributed by atoms with Crippen molar-refractivity contribution in [2.75, 3.05) is 5.32 Å². The molecule has 0 saturated heterocycles. The van der Waals surface area contributed by atoms with Crippen molar-refractivity contribution < 1.29 is 4.42 Å². The first-order valence-corrected chi connectivity index (χ1v) is 7.48. The van der Waals surface area contributed by atoms with E-state index in [0.717, 1.165) is 38.3 Å². The molecule has 1 aromatic carbocycles. The van der Waals surface area contributed by atoms with Gasteiger partial charge in [-0.05, 0) is 54.9 Å². The fourth-order valence-corrected chi connectivity index (χ4v) is 3.02. The molecule has 0 aliphatic heterocycles. The summed E-state index contributed by atoms with van der Waals surface area (Å²) in [5, 5.41) is 3.44. The molecule has 6 heteroatoms. The van der Waals surface area contributed by atoms with E-state index in [4.69, 9.17) is 4.42 Å². The Balaban J connectivity index is 1.95. The summed E-state index contributed by atoms with van der Waals surface area (Å²) >= 11 is 3.53. The molecule has 2 heterocycles. The molecule has 3 N–H and O–H groups in total. The lowest BCUT2D eigenvalue weighted by atomic mass is 10.1. The summed E-state index contributed by atoms with van der Waals surface area (Å²) in [5.41, 5.74) is 3.40. The number of benzene rings is 1. The molecule has 0 aliphatic carbocycles. The fourth-order valence-electron chi connectivity index (χ4n) is 2.56. The van der Waals surface area contributed by atoms with E-state index in [1.54, 1.807) is 0 Å². The van der Waals surface area contributed by atoms with Crippen LogP contribution in [0.1, 0.15) is 30.0 Å². The van der Waals surface area contributed by atoms with Gasteiger partial charge in [0.1, 0.15) is 11.5 Å². The minimum atomic E-state index is -0.205. The number of aryl methyl sites for hydroxylation is 2. The van der Waals surface area contributed by atoms with E-state index in [2.05, 4.69) is 38.1 Å². The monoisotopic (exact) mass is 349 g/mol. The number of imidazole rings is 1. The normalized spacial score (nSPS) is 12.8. The van der Waals surface area contributed by atoms with Crippen LogP contribution in [0.3, 0.4) is 0 Å². The van der Waals surface area contributed by atoms with Crippen LogP contribution in [0.2, 0.25) is 0 Å². The molecule has 0 bridgehead atoms. The molecule has 0 fully saturated rings. The van der Waals surface area contributed by atoms with Crippen LogP contribution in [0.4, 0.5) is 5.69 Å². The Labute approximate surface area is 129 Å². The zero-order valence-corrected chi connectivity index (χ0v) is 13.6. The topological polar surface area (TPSA) is 73.8 Å². The maximum absolute atomic E-state index is 11.3. The number of halogens is 1. The molecule has 5 nitrogen and oxygen atoms in total. The zero-order chi connectivity index (χ0) is 15.1. The molecule has 0 saturated carbocycles. The molecule has 21 heavy (non-hydrogen) atoms. The average molecular weight is 350 g/mol. The Bertz CT molecular complexity index is 860. The van der Waals surface area contributed by atoms with Crippen molar-refractivity contribution >= 4 is 32.7 Å². The Morgan fingerprint density at radius 3 is 2.48 bits per heavy atom. The minimum absolute atomic E-state index is 0.0989. The molecular formula is C15H16BrN3O2. The Morgan fingerprint density at radius 1 is 1.19 bits per heavy atom. The van der Waals surface area contributed by atoms with Gasteiger partial charge in [0.25, 0.3) is 0 Å². The highest BCUT2D eigenvalue weighted by Crippen LogP contribution is 2.31. The number of aromatic nitrogens is 2. The second-order valence-electron chi connectivity index (χ2n) is 5.19. The second kappa shape index (κ2) is 5.11. The van der Waals surface area contributed by atoms with Crippen molar-refractivity contribution in [1.82, 2.24) is 9.97 Å². The van der Waals surface area contributed by atoms with Gasteiger partial charge < -0.3 is 19.7 Å². The quantitative estimate of drug-likeness (QED) is 0.668. The summed E-state index contributed by atoms with van der Waals surface area (Å²) in [6.45, 7) is 5.98. The molecular weight excluding hydrogens is 334 g/mol. The van der Waals surface area contributed by atoms with Crippen molar-refractivity contribution in [2.45, 2.75) is 26.8 Å². The van der Waals surface area contributed by atoms with E-state index in [1.807, 2.05) is 32.0 Å². The van der Waals surface area contributed by atoms with Crippen LogP contribution in [0.5, 0.6) is 0 Å². The lowest BCUT2D eigenvalue weighted by molar-refractivity contribution is 0.500. The summed E-state index contributed by atoms with van der Waals surface area (Å²) in [6, 6.07) is 5.94. The number of H-pyrrole nitrogens is 2. The van der Waals surface area contributed by atoms with Gasteiger partial charge in [-0.15, -0.1) is 0 Å². The maximum Gasteiger partial charge on any atom is 0.323 e. The number of hydrogen-bond donors (Lipinski definition) is 3. The minimum Gasteiger partial charge on any atom is -0.466 e. The van der Waals surface area contributed by atoms with E-state index in [-0.39, 0.29) is 11.7 Å². The summed E-state index contributed by atoms with van der Waals surface area (Å²) in [4.78, 5) is 16.8. The smallest absolute Gasteiger partial charge is 0.323 e. The van der Waals surface area contributed by atoms with Crippen LogP contribution in [0, 0.1) is 13.8 Å². The number of rotatable bonds is 3. The first-order chi connectivity index (χ1) is 9.94. The largest absolute Gasteiger partial charge is 0.466 e. The van der Waals surface area contributed by atoms with Crippen LogP contribution in [-0.4, -0.2) is 9.97 Å². The average Bonchev–Trinajstić information content (AvgIpc) is 2.91.